The first-order valence-corrected chi connectivity index (χ1v) is 10.7. The highest BCUT2D eigenvalue weighted by Crippen LogP contribution is 2.32. The number of nitrogens with one attached hydrogen (secondary N) is 1. The molecular weight excluding hydrogens is 380 g/mol. The Bertz CT molecular complexity index is 1150. The van der Waals surface area contributed by atoms with Crippen molar-refractivity contribution in [2.45, 2.75) is 29.9 Å². The van der Waals surface area contributed by atoms with Crippen molar-refractivity contribution >= 4 is 28.8 Å². The van der Waals surface area contributed by atoms with Gasteiger partial charge in [0.1, 0.15) is 5.52 Å². The SMILES string of the molecule is O=C(N[C@H]1CCc2ccccc21)c1ccccc1CSc1nc2ccccc2o1. The fraction of sp³-hybridized carbons (Fsp3) is 0.167. The van der Waals surface area contributed by atoms with Crippen LogP contribution in [-0.4, -0.2) is 10.9 Å². The predicted molar refractivity (Wildman–Crippen MR) is 115 cm³/mol. The zero-order chi connectivity index (χ0) is 19.6. The van der Waals surface area contributed by atoms with Crippen LogP contribution >= 0.6 is 11.8 Å². The van der Waals surface area contributed by atoms with E-state index in [-0.39, 0.29) is 11.9 Å². The molecule has 0 saturated heterocycles. The van der Waals surface area contributed by atoms with Crippen LogP contribution in [-0.2, 0) is 12.2 Å². The van der Waals surface area contributed by atoms with E-state index in [0.717, 1.165) is 29.5 Å². The molecule has 1 aliphatic carbocycles. The average Bonchev–Trinajstić information content (AvgIpc) is 3.36. The molecule has 29 heavy (non-hydrogen) atoms. The van der Waals surface area contributed by atoms with Crippen LogP contribution in [0.4, 0.5) is 0 Å². The summed E-state index contributed by atoms with van der Waals surface area (Å²) in [4.78, 5) is 17.5. The van der Waals surface area contributed by atoms with Crippen LogP contribution < -0.4 is 5.32 Å². The molecule has 144 valence electrons. The number of oxazole rings is 1. The third-order valence-corrected chi connectivity index (χ3v) is 6.20. The number of aryl methyl sites for hydroxylation is 1. The Labute approximate surface area is 173 Å². The summed E-state index contributed by atoms with van der Waals surface area (Å²) in [6.07, 6.45) is 1.96. The van der Waals surface area contributed by atoms with E-state index in [1.54, 1.807) is 0 Å². The Morgan fingerprint density at radius 2 is 1.83 bits per heavy atom. The van der Waals surface area contributed by atoms with E-state index in [2.05, 4.69) is 28.5 Å². The molecule has 1 N–H and O–H groups in total. The van der Waals surface area contributed by atoms with Gasteiger partial charge in [-0.15, -0.1) is 0 Å². The van der Waals surface area contributed by atoms with E-state index in [1.165, 1.54) is 22.9 Å². The number of aromatic nitrogens is 1. The number of fused-ring (bicyclic) bond motifs is 2. The monoisotopic (exact) mass is 400 g/mol. The van der Waals surface area contributed by atoms with Crippen LogP contribution in [0.15, 0.2) is 82.4 Å². The van der Waals surface area contributed by atoms with Crippen LogP contribution in [0, 0.1) is 0 Å². The second-order valence-electron chi connectivity index (χ2n) is 7.16. The fourth-order valence-electron chi connectivity index (χ4n) is 3.86. The van der Waals surface area contributed by atoms with Crippen LogP contribution in [0.1, 0.15) is 39.5 Å². The summed E-state index contributed by atoms with van der Waals surface area (Å²) in [5, 5.41) is 3.84. The van der Waals surface area contributed by atoms with E-state index < -0.39 is 0 Å². The Morgan fingerprint density at radius 1 is 1.03 bits per heavy atom. The summed E-state index contributed by atoms with van der Waals surface area (Å²) < 4.78 is 5.79. The smallest absolute Gasteiger partial charge is 0.257 e. The standard InChI is InChI=1S/C24H20N2O2S/c27-23(25-20-14-13-16-7-1-3-9-18(16)20)19-10-4-2-8-17(19)15-29-24-26-21-11-5-6-12-22(21)28-24/h1-12,20H,13-15H2,(H,25,27)/t20-/m0/s1. The summed E-state index contributed by atoms with van der Waals surface area (Å²) in [7, 11) is 0. The minimum absolute atomic E-state index is 0.0273. The number of para-hydroxylation sites is 2. The zero-order valence-corrected chi connectivity index (χ0v) is 16.6. The maximum Gasteiger partial charge on any atom is 0.257 e. The predicted octanol–water partition coefficient (Wildman–Crippen LogP) is 5.54. The molecule has 1 heterocycles. The van der Waals surface area contributed by atoms with Crippen molar-refractivity contribution in [3.05, 3.63) is 95.1 Å². The van der Waals surface area contributed by atoms with E-state index in [4.69, 9.17) is 4.42 Å². The molecule has 0 aliphatic heterocycles. The number of carbonyl (C=O) groups is 1. The molecule has 0 radical (unpaired) electrons. The van der Waals surface area contributed by atoms with Gasteiger partial charge in [0.05, 0.1) is 6.04 Å². The van der Waals surface area contributed by atoms with Gasteiger partial charge in [0.25, 0.3) is 11.1 Å². The number of carbonyl (C=O) groups excluding carboxylic acids is 1. The number of nitrogens with zero attached hydrogens (tertiary/aromatic N) is 1. The van der Waals surface area contributed by atoms with Crippen molar-refractivity contribution < 1.29 is 9.21 Å². The maximum absolute atomic E-state index is 13.0. The average molecular weight is 401 g/mol. The molecular formula is C24H20N2O2S. The molecule has 4 aromatic rings. The molecule has 0 saturated carbocycles. The Balaban J connectivity index is 1.32. The van der Waals surface area contributed by atoms with Gasteiger partial charge in [-0.2, -0.15) is 0 Å². The first-order valence-electron chi connectivity index (χ1n) is 9.73. The van der Waals surface area contributed by atoms with Crippen LogP contribution in [0.25, 0.3) is 11.1 Å². The molecule has 0 fully saturated rings. The zero-order valence-electron chi connectivity index (χ0n) is 15.8. The lowest BCUT2D eigenvalue weighted by molar-refractivity contribution is 0.0936. The summed E-state index contributed by atoms with van der Waals surface area (Å²) in [5.74, 6) is 0.595. The molecule has 5 heteroatoms. The van der Waals surface area contributed by atoms with Gasteiger partial charge in [-0.1, -0.05) is 66.4 Å². The number of amides is 1. The van der Waals surface area contributed by atoms with Crippen LogP contribution in [0.2, 0.25) is 0 Å². The molecule has 1 atom stereocenters. The topological polar surface area (TPSA) is 55.1 Å². The highest BCUT2D eigenvalue weighted by Gasteiger charge is 2.24. The second kappa shape index (κ2) is 7.76. The lowest BCUT2D eigenvalue weighted by atomic mass is 10.1. The second-order valence-corrected chi connectivity index (χ2v) is 8.08. The van der Waals surface area contributed by atoms with Crippen LogP contribution in [0.3, 0.4) is 0 Å². The number of hydrogen-bond acceptors (Lipinski definition) is 4. The molecule has 5 rings (SSSR count). The van der Waals surface area contributed by atoms with Gasteiger partial charge in [-0.3, -0.25) is 4.79 Å². The van der Waals surface area contributed by atoms with E-state index in [0.29, 0.717) is 16.5 Å². The van der Waals surface area contributed by atoms with Gasteiger partial charge >= 0.3 is 0 Å². The van der Waals surface area contributed by atoms with Crippen molar-refractivity contribution in [2.75, 3.05) is 0 Å². The first kappa shape index (κ1) is 18.0. The maximum atomic E-state index is 13.0. The number of benzene rings is 3. The van der Waals surface area contributed by atoms with Crippen molar-refractivity contribution in [3.8, 4) is 0 Å². The first-order chi connectivity index (χ1) is 14.3. The highest BCUT2D eigenvalue weighted by molar-refractivity contribution is 7.98. The fourth-order valence-corrected chi connectivity index (χ4v) is 4.71. The van der Waals surface area contributed by atoms with Gasteiger partial charge in [-0.25, -0.2) is 4.98 Å². The molecule has 3 aromatic carbocycles. The molecule has 0 unspecified atom stereocenters. The third-order valence-electron chi connectivity index (χ3n) is 5.33. The summed E-state index contributed by atoms with van der Waals surface area (Å²) in [5.41, 5.74) is 5.88. The van der Waals surface area contributed by atoms with Gasteiger partial charge in [0.15, 0.2) is 5.58 Å². The molecule has 1 aromatic heterocycles. The third kappa shape index (κ3) is 3.66. The van der Waals surface area contributed by atoms with Crippen LogP contribution in [0.5, 0.6) is 0 Å². The Kier molecular flexibility index (Phi) is 4.82. The number of rotatable bonds is 5. The largest absolute Gasteiger partial charge is 0.431 e. The molecule has 0 spiro atoms. The molecule has 0 bridgehead atoms. The Hall–Kier alpha value is -3.05. The van der Waals surface area contributed by atoms with Gasteiger partial charge < -0.3 is 9.73 Å². The molecule has 1 aliphatic rings. The van der Waals surface area contributed by atoms with Gasteiger partial charge in [0, 0.05) is 11.3 Å². The summed E-state index contributed by atoms with van der Waals surface area (Å²) >= 11 is 1.50. The minimum Gasteiger partial charge on any atom is -0.431 e. The number of hydrogen-bond donors (Lipinski definition) is 1. The van der Waals surface area contributed by atoms with E-state index >= 15 is 0 Å². The lowest BCUT2D eigenvalue weighted by Gasteiger charge is -2.16. The Morgan fingerprint density at radius 3 is 2.76 bits per heavy atom. The van der Waals surface area contributed by atoms with Gasteiger partial charge in [0.2, 0.25) is 0 Å². The normalized spacial score (nSPS) is 15.4. The van der Waals surface area contributed by atoms with Gasteiger partial charge in [-0.05, 0) is 47.7 Å². The van der Waals surface area contributed by atoms with E-state index in [9.17, 15) is 4.79 Å². The van der Waals surface area contributed by atoms with E-state index in [1.807, 2.05) is 54.6 Å². The summed E-state index contributed by atoms with van der Waals surface area (Å²) in [6, 6.07) is 23.9. The van der Waals surface area contributed by atoms with Crippen molar-refractivity contribution in [3.63, 3.8) is 0 Å². The number of thioether (sulfide) groups is 1. The summed E-state index contributed by atoms with van der Waals surface area (Å²) in [6.45, 7) is 0. The van der Waals surface area contributed by atoms with Crippen molar-refractivity contribution in [1.29, 1.82) is 0 Å². The van der Waals surface area contributed by atoms with Crippen molar-refractivity contribution in [1.82, 2.24) is 10.3 Å². The lowest BCUT2D eigenvalue weighted by Crippen LogP contribution is -2.27. The van der Waals surface area contributed by atoms with Crippen molar-refractivity contribution in [2.24, 2.45) is 0 Å². The molecule has 1 amide bonds. The molecule has 4 nitrogen and oxygen atoms in total. The minimum atomic E-state index is -0.0273. The quantitative estimate of drug-likeness (QED) is 0.447. The highest BCUT2D eigenvalue weighted by atomic mass is 32.2.